The second-order valence-corrected chi connectivity index (χ2v) is 12.2. The minimum Gasteiger partial charge on any atom is -0.352 e. The molecule has 38 heavy (non-hydrogen) atoms. The smallest absolute Gasteiger partial charge is 0.234 e. The van der Waals surface area contributed by atoms with E-state index in [-0.39, 0.29) is 17.7 Å². The van der Waals surface area contributed by atoms with Gasteiger partial charge in [0.15, 0.2) is 0 Å². The fourth-order valence-electron chi connectivity index (χ4n) is 5.92. The first-order valence-corrected chi connectivity index (χ1v) is 14.8. The number of amides is 1. The second-order valence-electron chi connectivity index (χ2n) is 11.2. The number of fused-ring (bicyclic) bond motifs is 3. The van der Waals surface area contributed by atoms with Gasteiger partial charge in [-0.25, -0.2) is 9.97 Å². The van der Waals surface area contributed by atoms with Crippen LogP contribution in [0.2, 0.25) is 0 Å². The summed E-state index contributed by atoms with van der Waals surface area (Å²) in [5.41, 5.74) is 3.56. The molecule has 1 amide bonds. The van der Waals surface area contributed by atoms with Crippen LogP contribution < -0.4 is 4.90 Å². The molecule has 5 nitrogen and oxygen atoms in total. The van der Waals surface area contributed by atoms with E-state index in [1.165, 1.54) is 22.2 Å². The maximum atomic E-state index is 14.0. The normalized spacial score (nSPS) is 17.9. The molecule has 2 aliphatic rings. The fourth-order valence-corrected chi connectivity index (χ4v) is 7.30. The fraction of sp³-hybridized carbons (Fsp3) is 0.406. The molecule has 0 unspecified atom stereocenters. The van der Waals surface area contributed by atoms with Crippen LogP contribution in [-0.4, -0.2) is 47.0 Å². The number of anilines is 1. The number of benzene rings is 2. The molecule has 6 rings (SSSR count). The number of aryl methyl sites for hydroxylation is 1. The minimum atomic E-state index is -0.284. The summed E-state index contributed by atoms with van der Waals surface area (Å²) in [4.78, 5) is 31.2. The van der Waals surface area contributed by atoms with Crippen molar-refractivity contribution in [1.82, 2.24) is 14.9 Å². The van der Waals surface area contributed by atoms with Gasteiger partial charge in [0.1, 0.15) is 16.5 Å². The van der Waals surface area contributed by atoms with E-state index in [1.807, 2.05) is 52.6 Å². The van der Waals surface area contributed by atoms with Crippen LogP contribution in [0.5, 0.6) is 0 Å². The Labute approximate surface area is 229 Å². The van der Waals surface area contributed by atoms with E-state index < -0.39 is 0 Å². The summed E-state index contributed by atoms with van der Waals surface area (Å²) < 4.78 is 0. The van der Waals surface area contributed by atoms with E-state index >= 15 is 0 Å². The van der Waals surface area contributed by atoms with E-state index in [1.54, 1.807) is 0 Å². The number of rotatable bonds is 5. The lowest BCUT2D eigenvalue weighted by Crippen LogP contribution is -2.50. The topological polar surface area (TPSA) is 49.3 Å². The van der Waals surface area contributed by atoms with Gasteiger partial charge in [0.2, 0.25) is 5.91 Å². The van der Waals surface area contributed by atoms with E-state index in [0.29, 0.717) is 13.1 Å². The van der Waals surface area contributed by atoms with Gasteiger partial charge in [-0.3, -0.25) is 4.79 Å². The summed E-state index contributed by atoms with van der Waals surface area (Å²) in [6.07, 6.45) is 3.49. The number of carbonyl (C=O) groups excluding carboxylic acids is 1. The Morgan fingerprint density at radius 1 is 0.921 bits per heavy atom. The molecule has 1 fully saturated rings. The predicted octanol–water partition coefficient (Wildman–Crippen LogP) is 6.42. The number of hydrogen-bond acceptors (Lipinski definition) is 5. The summed E-state index contributed by atoms with van der Waals surface area (Å²) in [7, 11) is 0. The van der Waals surface area contributed by atoms with Gasteiger partial charge < -0.3 is 9.80 Å². The third kappa shape index (κ3) is 4.71. The molecular formula is C32H36N4OS. The van der Waals surface area contributed by atoms with Crippen molar-refractivity contribution >= 4 is 33.3 Å². The van der Waals surface area contributed by atoms with Crippen LogP contribution in [0.4, 0.5) is 5.82 Å². The van der Waals surface area contributed by atoms with Crippen molar-refractivity contribution in [2.45, 2.75) is 51.9 Å². The number of aromatic nitrogens is 2. The average molecular weight is 525 g/mol. The lowest BCUT2D eigenvalue weighted by atomic mass is 9.89. The van der Waals surface area contributed by atoms with Gasteiger partial charge in [-0.05, 0) is 41.9 Å². The second kappa shape index (κ2) is 10.5. The summed E-state index contributed by atoms with van der Waals surface area (Å²) in [6, 6.07) is 20.4. The third-order valence-electron chi connectivity index (χ3n) is 8.07. The summed E-state index contributed by atoms with van der Waals surface area (Å²) in [5, 5.41) is 1.27. The predicted molar refractivity (Wildman–Crippen MR) is 156 cm³/mol. The zero-order chi connectivity index (χ0) is 26.2. The Balaban J connectivity index is 1.28. The molecule has 1 saturated heterocycles. The first-order chi connectivity index (χ1) is 18.5. The van der Waals surface area contributed by atoms with Crippen molar-refractivity contribution in [3.63, 3.8) is 0 Å². The molecule has 2 aromatic carbocycles. The maximum absolute atomic E-state index is 14.0. The van der Waals surface area contributed by atoms with Crippen LogP contribution in [0.25, 0.3) is 10.2 Å². The quantitative estimate of drug-likeness (QED) is 0.302. The van der Waals surface area contributed by atoms with Crippen LogP contribution in [0.3, 0.4) is 0 Å². The zero-order valence-corrected chi connectivity index (χ0v) is 23.4. The number of thiophene rings is 1. The molecule has 0 saturated carbocycles. The number of carbonyl (C=O) groups is 1. The first-order valence-electron chi connectivity index (χ1n) is 14.0. The Bertz CT molecular complexity index is 1380. The molecule has 0 spiro atoms. The molecule has 3 heterocycles. The summed E-state index contributed by atoms with van der Waals surface area (Å²) in [5.74, 6) is 2.91. The highest BCUT2D eigenvalue weighted by atomic mass is 32.1. The highest BCUT2D eigenvalue weighted by Crippen LogP contribution is 2.42. The van der Waals surface area contributed by atoms with E-state index in [4.69, 9.17) is 9.97 Å². The average Bonchev–Trinajstić information content (AvgIpc) is 3.31. The van der Waals surface area contributed by atoms with Crippen molar-refractivity contribution < 1.29 is 4.79 Å². The highest BCUT2D eigenvalue weighted by molar-refractivity contribution is 7.19. The van der Waals surface area contributed by atoms with Crippen LogP contribution in [-0.2, 0) is 17.6 Å². The number of piperazine rings is 1. The molecule has 1 aliphatic heterocycles. The Morgan fingerprint density at radius 2 is 1.55 bits per heavy atom. The summed E-state index contributed by atoms with van der Waals surface area (Å²) in [6.45, 7) is 9.66. The first kappa shape index (κ1) is 25.1. The molecule has 0 bridgehead atoms. The summed E-state index contributed by atoms with van der Waals surface area (Å²) >= 11 is 1.88. The van der Waals surface area contributed by atoms with Crippen LogP contribution in [0.1, 0.15) is 66.4 Å². The van der Waals surface area contributed by atoms with Crippen molar-refractivity contribution in [1.29, 1.82) is 0 Å². The van der Waals surface area contributed by atoms with Gasteiger partial charge in [0, 0.05) is 37.0 Å². The molecule has 2 aromatic heterocycles. The van der Waals surface area contributed by atoms with Gasteiger partial charge in [0.05, 0.1) is 11.3 Å². The number of hydrogen-bond donors (Lipinski definition) is 0. The van der Waals surface area contributed by atoms with Crippen LogP contribution >= 0.6 is 11.3 Å². The highest BCUT2D eigenvalue weighted by Gasteiger charge is 2.32. The molecular weight excluding hydrogens is 488 g/mol. The SMILES string of the molecule is CC(C)c1nc(N2CCN(C(=O)C(c3ccccc3)c3ccccc3)CC2)c2c3c(sc2n1)C[C@H](C)CC3. The van der Waals surface area contributed by atoms with E-state index in [0.717, 1.165) is 59.4 Å². The van der Waals surface area contributed by atoms with Crippen molar-refractivity contribution in [2.75, 3.05) is 31.1 Å². The molecule has 4 aromatic rings. The Kier molecular flexibility index (Phi) is 6.91. The number of nitrogens with zero attached hydrogens (tertiary/aromatic N) is 4. The van der Waals surface area contributed by atoms with Gasteiger partial charge in [-0.1, -0.05) is 81.4 Å². The lowest BCUT2D eigenvalue weighted by molar-refractivity contribution is -0.132. The molecule has 196 valence electrons. The van der Waals surface area contributed by atoms with Crippen LogP contribution in [0, 0.1) is 5.92 Å². The van der Waals surface area contributed by atoms with Gasteiger partial charge in [-0.15, -0.1) is 11.3 Å². The van der Waals surface area contributed by atoms with E-state index in [2.05, 4.69) is 49.9 Å². The Hall–Kier alpha value is -3.25. The zero-order valence-electron chi connectivity index (χ0n) is 22.6. The standard InChI is InChI=1S/C32H36N4OS/c1-21(2)29-33-30(28-25-15-14-22(3)20-26(25)38-31(28)34-29)35-16-18-36(19-17-35)32(37)27(23-10-6-4-7-11-23)24-12-8-5-9-13-24/h4-13,21-22,27H,14-20H2,1-3H3/t22-/m1/s1. The van der Waals surface area contributed by atoms with Gasteiger partial charge in [-0.2, -0.15) is 0 Å². The third-order valence-corrected chi connectivity index (χ3v) is 9.22. The van der Waals surface area contributed by atoms with Gasteiger partial charge in [0.25, 0.3) is 0 Å². The van der Waals surface area contributed by atoms with Crippen molar-refractivity contribution in [3.05, 3.63) is 88.1 Å². The molecule has 6 heteroatoms. The van der Waals surface area contributed by atoms with Crippen molar-refractivity contribution in [3.8, 4) is 0 Å². The molecule has 0 radical (unpaired) electrons. The molecule has 0 N–H and O–H groups in total. The van der Waals surface area contributed by atoms with E-state index in [9.17, 15) is 4.79 Å². The largest absolute Gasteiger partial charge is 0.352 e. The maximum Gasteiger partial charge on any atom is 0.234 e. The van der Waals surface area contributed by atoms with Gasteiger partial charge >= 0.3 is 0 Å². The lowest BCUT2D eigenvalue weighted by Gasteiger charge is -2.37. The van der Waals surface area contributed by atoms with Crippen molar-refractivity contribution in [2.24, 2.45) is 5.92 Å². The monoisotopic (exact) mass is 524 g/mol. The Morgan fingerprint density at radius 3 is 2.16 bits per heavy atom. The minimum absolute atomic E-state index is 0.180. The van der Waals surface area contributed by atoms with Crippen LogP contribution in [0.15, 0.2) is 60.7 Å². The molecule has 1 aliphatic carbocycles. The molecule has 1 atom stereocenters.